The number of carboxylic acids is 1. The maximum atomic E-state index is 14.1. The maximum absolute atomic E-state index is 14.1. The monoisotopic (exact) mass is 555 g/mol. The van der Waals surface area contributed by atoms with E-state index < -0.39 is 36.1 Å². The standard InChI is InChI=1S/C29H28F3N3O3S/c30-29(31,32)21-10-4-5-11-24(21)35-25-13-12-19(16-22(25)33-26(35)17-20-9-6-14-39-20)27(36)34-23(28(37)38)15-18-7-2-1-3-8-18/h1-3,6-9,12-14,16,21,23-24H,4-5,10-11,15,17H2,(H,34,36)(H,37,38)/t21?,23-,24?/m0/s1. The van der Waals surface area contributed by atoms with Crippen LogP contribution >= 0.6 is 11.3 Å². The number of fused-ring (bicyclic) bond motifs is 1. The zero-order chi connectivity index (χ0) is 27.6. The second kappa shape index (κ2) is 11.2. The van der Waals surface area contributed by atoms with Crippen molar-refractivity contribution in [2.75, 3.05) is 0 Å². The van der Waals surface area contributed by atoms with Crippen molar-refractivity contribution in [2.45, 2.75) is 56.8 Å². The minimum Gasteiger partial charge on any atom is -0.480 e. The van der Waals surface area contributed by atoms with E-state index in [9.17, 15) is 27.9 Å². The summed E-state index contributed by atoms with van der Waals surface area (Å²) in [5.41, 5.74) is 1.92. The lowest BCUT2D eigenvalue weighted by Gasteiger charge is -2.35. The van der Waals surface area contributed by atoms with Crippen molar-refractivity contribution in [2.24, 2.45) is 5.92 Å². The highest BCUT2D eigenvalue weighted by molar-refractivity contribution is 7.09. The number of hydrogen-bond acceptors (Lipinski definition) is 4. The van der Waals surface area contributed by atoms with Gasteiger partial charge in [-0.25, -0.2) is 9.78 Å². The number of rotatable bonds is 8. The number of carboxylic acid groups (broad SMARTS) is 1. The van der Waals surface area contributed by atoms with Gasteiger partial charge in [0.1, 0.15) is 11.9 Å². The minimum absolute atomic E-state index is 0.0742. The SMILES string of the molecule is O=C(N[C@@H](Cc1ccccc1)C(=O)O)c1ccc2c(c1)nc(Cc1cccs1)n2C1CCCCC1C(F)(F)F. The third-order valence-corrected chi connectivity index (χ3v) is 8.18. The number of thiophene rings is 1. The Balaban J connectivity index is 1.48. The Morgan fingerprint density at radius 1 is 1.08 bits per heavy atom. The molecule has 0 spiro atoms. The number of aromatic nitrogens is 2. The molecule has 1 saturated carbocycles. The summed E-state index contributed by atoms with van der Waals surface area (Å²) in [6.45, 7) is 0. The van der Waals surface area contributed by atoms with Crippen molar-refractivity contribution in [1.29, 1.82) is 0 Å². The highest BCUT2D eigenvalue weighted by Crippen LogP contribution is 2.45. The minimum atomic E-state index is -4.33. The molecule has 2 heterocycles. The number of hydrogen-bond donors (Lipinski definition) is 2. The van der Waals surface area contributed by atoms with Crippen molar-refractivity contribution in [3.05, 3.63) is 87.9 Å². The summed E-state index contributed by atoms with van der Waals surface area (Å²) in [6, 6.07) is 15.6. The molecular weight excluding hydrogens is 527 g/mol. The molecule has 1 amide bonds. The van der Waals surface area contributed by atoms with Crippen LogP contribution in [-0.2, 0) is 17.6 Å². The van der Waals surface area contributed by atoms with E-state index in [2.05, 4.69) is 5.32 Å². The van der Waals surface area contributed by atoms with E-state index in [-0.39, 0.29) is 18.4 Å². The van der Waals surface area contributed by atoms with Crippen molar-refractivity contribution >= 4 is 34.2 Å². The smallest absolute Gasteiger partial charge is 0.393 e. The number of benzene rings is 2. The second-order valence-electron chi connectivity index (χ2n) is 9.91. The van der Waals surface area contributed by atoms with Gasteiger partial charge in [-0.15, -0.1) is 11.3 Å². The van der Waals surface area contributed by atoms with Crippen molar-refractivity contribution in [3.63, 3.8) is 0 Å². The van der Waals surface area contributed by atoms with Crippen LogP contribution in [0.4, 0.5) is 13.2 Å². The zero-order valence-corrected chi connectivity index (χ0v) is 21.8. The molecule has 2 N–H and O–H groups in total. The Labute approximate surface area is 227 Å². The van der Waals surface area contributed by atoms with Crippen LogP contribution in [0.5, 0.6) is 0 Å². The fourth-order valence-corrected chi connectivity index (χ4v) is 6.15. The number of halogens is 3. The van der Waals surface area contributed by atoms with Crippen LogP contribution < -0.4 is 5.32 Å². The molecule has 6 nitrogen and oxygen atoms in total. The lowest BCUT2D eigenvalue weighted by Crippen LogP contribution is -2.42. The van der Waals surface area contributed by atoms with E-state index >= 15 is 0 Å². The number of amides is 1. The first-order chi connectivity index (χ1) is 18.7. The summed E-state index contributed by atoms with van der Waals surface area (Å²) in [6.07, 6.45) is -2.12. The van der Waals surface area contributed by atoms with E-state index in [0.29, 0.717) is 42.5 Å². The van der Waals surface area contributed by atoms with Gasteiger partial charge < -0.3 is 15.0 Å². The van der Waals surface area contributed by atoms with E-state index in [1.165, 1.54) is 23.5 Å². The van der Waals surface area contributed by atoms with Gasteiger partial charge in [0, 0.05) is 29.3 Å². The van der Waals surface area contributed by atoms with Gasteiger partial charge in [-0.2, -0.15) is 13.2 Å². The lowest BCUT2D eigenvalue weighted by molar-refractivity contribution is -0.193. The summed E-state index contributed by atoms with van der Waals surface area (Å²) in [5.74, 6) is -2.69. The van der Waals surface area contributed by atoms with Crippen molar-refractivity contribution < 1.29 is 27.9 Å². The number of carbonyl (C=O) groups excluding carboxylic acids is 1. The molecule has 10 heteroatoms. The van der Waals surface area contributed by atoms with Gasteiger partial charge in [0.25, 0.3) is 5.91 Å². The fourth-order valence-electron chi connectivity index (χ4n) is 5.45. The number of alkyl halides is 3. The van der Waals surface area contributed by atoms with Gasteiger partial charge >= 0.3 is 12.1 Å². The van der Waals surface area contributed by atoms with Crippen LogP contribution in [0.3, 0.4) is 0 Å². The molecule has 0 aliphatic heterocycles. The number of imidazole rings is 1. The summed E-state index contributed by atoms with van der Waals surface area (Å²) < 4.78 is 43.9. The normalized spacial score (nSPS) is 18.6. The molecular formula is C29H28F3N3O3S. The first-order valence-corrected chi connectivity index (χ1v) is 13.8. The third kappa shape index (κ3) is 6.00. The first-order valence-electron chi connectivity index (χ1n) is 12.9. The molecule has 1 aliphatic carbocycles. The third-order valence-electron chi connectivity index (χ3n) is 7.30. The largest absolute Gasteiger partial charge is 0.480 e. The Hall–Kier alpha value is -3.66. The molecule has 5 rings (SSSR count). The molecule has 1 fully saturated rings. The fraction of sp³-hybridized carbons (Fsp3) is 0.345. The van der Waals surface area contributed by atoms with Gasteiger partial charge in [-0.3, -0.25) is 4.79 Å². The Morgan fingerprint density at radius 2 is 1.85 bits per heavy atom. The van der Waals surface area contributed by atoms with Gasteiger partial charge in [0.15, 0.2) is 0 Å². The van der Waals surface area contributed by atoms with E-state index in [0.717, 1.165) is 10.4 Å². The van der Waals surface area contributed by atoms with Crippen LogP contribution in [0, 0.1) is 5.92 Å². The average molecular weight is 556 g/mol. The quantitative estimate of drug-likeness (QED) is 0.263. The van der Waals surface area contributed by atoms with Crippen LogP contribution in [0.2, 0.25) is 0 Å². The van der Waals surface area contributed by atoms with Crippen LogP contribution in [-0.4, -0.2) is 38.8 Å². The second-order valence-corrected chi connectivity index (χ2v) is 10.9. The highest BCUT2D eigenvalue weighted by atomic mass is 32.1. The van der Waals surface area contributed by atoms with Crippen LogP contribution in [0.1, 0.15) is 58.3 Å². The molecule has 0 bridgehead atoms. The predicted molar refractivity (Wildman–Crippen MR) is 143 cm³/mol. The van der Waals surface area contributed by atoms with Gasteiger partial charge in [-0.05, 0) is 48.1 Å². The van der Waals surface area contributed by atoms with Crippen molar-refractivity contribution in [1.82, 2.24) is 14.9 Å². The molecule has 2 unspecified atom stereocenters. The number of carbonyl (C=O) groups is 2. The Morgan fingerprint density at radius 3 is 2.54 bits per heavy atom. The molecule has 4 aromatic rings. The summed E-state index contributed by atoms with van der Waals surface area (Å²) in [5, 5.41) is 14.2. The zero-order valence-electron chi connectivity index (χ0n) is 21.0. The van der Waals surface area contributed by atoms with Crippen LogP contribution in [0.25, 0.3) is 11.0 Å². The molecule has 2 aromatic carbocycles. The van der Waals surface area contributed by atoms with E-state index in [1.54, 1.807) is 34.9 Å². The molecule has 39 heavy (non-hydrogen) atoms. The van der Waals surface area contributed by atoms with Crippen molar-refractivity contribution in [3.8, 4) is 0 Å². The Kier molecular flexibility index (Phi) is 7.74. The first kappa shape index (κ1) is 26.9. The topological polar surface area (TPSA) is 84.2 Å². The molecule has 2 aromatic heterocycles. The Bertz CT molecular complexity index is 1450. The van der Waals surface area contributed by atoms with Gasteiger partial charge in [0.05, 0.1) is 17.0 Å². The molecule has 0 radical (unpaired) electrons. The maximum Gasteiger partial charge on any atom is 0.393 e. The average Bonchev–Trinajstić information content (AvgIpc) is 3.55. The number of nitrogens with zero attached hydrogens (tertiary/aromatic N) is 2. The summed E-state index contributed by atoms with van der Waals surface area (Å²) >= 11 is 1.51. The van der Waals surface area contributed by atoms with E-state index in [4.69, 9.17) is 4.98 Å². The summed E-state index contributed by atoms with van der Waals surface area (Å²) in [4.78, 5) is 30.6. The summed E-state index contributed by atoms with van der Waals surface area (Å²) in [7, 11) is 0. The van der Waals surface area contributed by atoms with Gasteiger partial charge in [-0.1, -0.05) is 49.2 Å². The molecule has 3 atom stereocenters. The van der Waals surface area contributed by atoms with E-state index in [1.807, 2.05) is 23.6 Å². The van der Waals surface area contributed by atoms with Gasteiger partial charge in [0.2, 0.25) is 0 Å². The molecule has 204 valence electrons. The number of nitrogens with one attached hydrogen (secondary N) is 1. The molecule has 1 aliphatic rings. The number of aliphatic carboxylic acids is 1. The van der Waals surface area contributed by atoms with Crippen LogP contribution in [0.15, 0.2) is 66.0 Å². The molecule has 0 saturated heterocycles. The predicted octanol–water partition coefficient (Wildman–Crippen LogP) is 6.41. The lowest BCUT2D eigenvalue weighted by atomic mass is 9.83. The highest BCUT2D eigenvalue weighted by Gasteiger charge is 2.47.